The molecule has 0 radical (unpaired) electrons. The zero-order valence-corrected chi connectivity index (χ0v) is 13.1. The Hall–Kier alpha value is -0.280. The van der Waals surface area contributed by atoms with E-state index in [1.165, 1.54) is 19.3 Å². The number of likely N-dealkylation sites (tertiary alicyclic amines) is 1. The molecule has 3 unspecified atom stereocenters. The molecule has 3 atom stereocenters. The van der Waals surface area contributed by atoms with Crippen LogP contribution in [-0.2, 0) is 0 Å². The van der Waals surface area contributed by atoms with Gasteiger partial charge < -0.3 is 5.73 Å². The lowest BCUT2D eigenvalue weighted by atomic mass is 9.92. The number of benzene rings is 1. The first kappa shape index (κ1) is 15.1. The van der Waals surface area contributed by atoms with E-state index in [0.29, 0.717) is 28.7 Å². The van der Waals surface area contributed by atoms with Crippen LogP contribution < -0.4 is 5.73 Å². The van der Waals surface area contributed by atoms with Crippen LogP contribution in [-0.4, -0.2) is 23.5 Å². The highest BCUT2D eigenvalue weighted by Gasteiger charge is 2.31. The van der Waals surface area contributed by atoms with Crippen molar-refractivity contribution < 1.29 is 0 Å². The van der Waals surface area contributed by atoms with Gasteiger partial charge in [0.05, 0.1) is 10.0 Å². The van der Waals surface area contributed by atoms with Crippen molar-refractivity contribution in [2.45, 2.75) is 51.2 Å². The molecule has 1 aliphatic rings. The quantitative estimate of drug-likeness (QED) is 0.904. The van der Waals surface area contributed by atoms with Gasteiger partial charge in [-0.15, -0.1) is 0 Å². The van der Waals surface area contributed by atoms with E-state index in [0.717, 1.165) is 5.56 Å². The number of rotatable bonds is 3. The minimum absolute atomic E-state index is 0.222. The molecule has 1 aromatic rings. The Balaban J connectivity index is 2.29. The lowest BCUT2D eigenvalue weighted by molar-refractivity contribution is 0.0578. The number of hydrogen-bond acceptors (Lipinski definition) is 2. The highest BCUT2D eigenvalue weighted by Crippen LogP contribution is 2.34. The molecule has 0 saturated carbocycles. The summed E-state index contributed by atoms with van der Waals surface area (Å²) in [5, 5.41) is 1.20. The average Bonchev–Trinajstić information content (AvgIpc) is 2.37. The number of halogens is 2. The molecule has 0 bridgehead atoms. The largest absolute Gasteiger partial charge is 0.329 e. The summed E-state index contributed by atoms with van der Waals surface area (Å²) >= 11 is 12.1. The molecule has 2 nitrogen and oxygen atoms in total. The van der Waals surface area contributed by atoms with E-state index in [4.69, 9.17) is 28.9 Å². The van der Waals surface area contributed by atoms with Crippen LogP contribution in [0.5, 0.6) is 0 Å². The number of piperidine rings is 1. The number of nitrogens with zero attached hydrogens (tertiary/aromatic N) is 1. The summed E-state index contributed by atoms with van der Waals surface area (Å²) < 4.78 is 0. The molecule has 2 rings (SSSR count). The summed E-state index contributed by atoms with van der Waals surface area (Å²) in [7, 11) is 0. The third-order valence-electron chi connectivity index (χ3n) is 4.17. The van der Waals surface area contributed by atoms with Gasteiger partial charge >= 0.3 is 0 Å². The van der Waals surface area contributed by atoms with Crippen molar-refractivity contribution in [3.63, 3.8) is 0 Å². The summed E-state index contributed by atoms with van der Waals surface area (Å²) in [6.45, 7) is 5.18. The van der Waals surface area contributed by atoms with Gasteiger partial charge in [0.25, 0.3) is 0 Å². The second-order valence-electron chi connectivity index (χ2n) is 5.50. The molecular formula is C15H22Cl2N2. The molecule has 1 aromatic carbocycles. The van der Waals surface area contributed by atoms with Crippen LogP contribution in [0.2, 0.25) is 10.0 Å². The Morgan fingerprint density at radius 1 is 1.21 bits per heavy atom. The first-order chi connectivity index (χ1) is 9.04. The molecule has 0 aliphatic carbocycles. The van der Waals surface area contributed by atoms with Crippen molar-refractivity contribution in [3.8, 4) is 0 Å². The standard InChI is InChI=1S/C15H22Cl2N2/c1-10-4-3-5-11(2)19(10)15(9-18)12-6-7-13(16)14(17)8-12/h6-8,10-11,15H,3-5,9,18H2,1-2H3. The topological polar surface area (TPSA) is 29.3 Å². The van der Waals surface area contributed by atoms with Crippen LogP contribution >= 0.6 is 23.2 Å². The predicted molar refractivity (Wildman–Crippen MR) is 82.9 cm³/mol. The molecule has 1 saturated heterocycles. The van der Waals surface area contributed by atoms with E-state index >= 15 is 0 Å². The third-order valence-corrected chi connectivity index (χ3v) is 4.91. The number of hydrogen-bond donors (Lipinski definition) is 1. The molecule has 106 valence electrons. The SMILES string of the molecule is CC1CCCC(C)N1C(CN)c1ccc(Cl)c(Cl)c1. The van der Waals surface area contributed by atoms with Crippen molar-refractivity contribution in [3.05, 3.63) is 33.8 Å². The Kier molecular flexibility index (Phi) is 5.13. The summed E-state index contributed by atoms with van der Waals surface area (Å²) in [5.74, 6) is 0. The second kappa shape index (κ2) is 6.45. The van der Waals surface area contributed by atoms with Crippen LogP contribution in [0, 0.1) is 0 Å². The maximum absolute atomic E-state index is 6.14. The fraction of sp³-hybridized carbons (Fsp3) is 0.600. The lowest BCUT2D eigenvalue weighted by Gasteiger charge is -2.44. The van der Waals surface area contributed by atoms with Crippen molar-refractivity contribution in [2.75, 3.05) is 6.54 Å². The summed E-state index contributed by atoms with van der Waals surface area (Å²) in [5.41, 5.74) is 7.19. The van der Waals surface area contributed by atoms with Gasteiger partial charge in [-0.1, -0.05) is 35.7 Å². The van der Waals surface area contributed by atoms with Gasteiger partial charge in [0, 0.05) is 24.7 Å². The molecule has 4 heteroatoms. The summed E-state index contributed by atoms with van der Waals surface area (Å²) in [6, 6.07) is 7.20. The zero-order valence-electron chi connectivity index (χ0n) is 11.6. The molecule has 19 heavy (non-hydrogen) atoms. The van der Waals surface area contributed by atoms with E-state index in [-0.39, 0.29) is 6.04 Å². The van der Waals surface area contributed by atoms with Gasteiger partial charge in [-0.3, -0.25) is 4.90 Å². The van der Waals surface area contributed by atoms with Crippen molar-refractivity contribution in [2.24, 2.45) is 5.73 Å². The van der Waals surface area contributed by atoms with Crippen molar-refractivity contribution in [1.29, 1.82) is 0 Å². The Labute approximate surface area is 125 Å². The monoisotopic (exact) mass is 300 g/mol. The Morgan fingerprint density at radius 3 is 2.37 bits per heavy atom. The molecule has 2 N–H and O–H groups in total. The minimum atomic E-state index is 0.222. The molecule has 1 heterocycles. The Bertz CT molecular complexity index is 426. The van der Waals surface area contributed by atoms with Crippen LogP contribution in [0.25, 0.3) is 0 Å². The molecular weight excluding hydrogens is 279 g/mol. The fourth-order valence-electron chi connectivity index (χ4n) is 3.21. The summed E-state index contributed by atoms with van der Waals surface area (Å²) in [4.78, 5) is 2.53. The predicted octanol–water partition coefficient (Wildman–Crippen LogP) is 4.26. The lowest BCUT2D eigenvalue weighted by Crippen LogP contribution is -2.48. The normalized spacial score (nSPS) is 26.4. The maximum atomic E-state index is 6.14. The highest BCUT2D eigenvalue weighted by molar-refractivity contribution is 6.42. The molecule has 0 spiro atoms. The maximum Gasteiger partial charge on any atom is 0.0595 e. The van der Waals surface area contributed by atoms with Gasteiger partial charge in [0.2, 0.25) is 0 Å². The van der Waals surface area contributed by atoms with E-state index in [9.17, 15) is 0 Å². The van der Waals surface area contributed by atoms with Gasteiger partial charge in [-0.2, -0.15) is 0 Å². The van der Waals surface area contributed by atoms with Crippen LogP contribution in [0.4, 0.5) is 0 Å². The first-order valence-electron chi connectivity index (χ1n) is 6.97. The van der Waals surface area contributed by atoms with E-state index < -0.39 is 0 Å². The minimum Gasteiger partial charge on any atom is -0.329 e. The van der Waals surface area contributed by atoms with E-state index in [1.807, 2.05) is 18.2 Å². The van der Waals surface area contributed by atoms with Gasteiger partial charge in [-0.25, -0.2) is 0 Å². The van der Waals surface area contributed by atoms with Gasteiger partial charge in [0.1, 0.15) is 0 Å². The van der Waals surface area contributed by atoms with Crippen LogP contribution in [0.15, 0.2) is 18.2 Å². The van der Waals surface area contributed by atoms with Crippen LogP contribution in [0.1, 0.15) is 44.7 Å². The molecule has 1 fully saturated rings. The smallest absolute Gasteiger partial charge is 0.0595 e. The van der Waals surface area contributed by atoms with E-state index in [2.05, 4.69) is 18.7 Å². The zero-order chi connectivity index (χ0) is 14.0. The fourth-order valence-corrected chi connectivity index (χ4v) is 3.51. The molecule has 0 amide bonds. The van der Waals surface area contributed by atoms with Crippen LogP contribution in [0.3, 0.4) is 0 Å². The average molecular weight is 301 g/mol. The van der Waals surface area contributed by atoms with Gasteiger partial charge in [-0.05, 0) is 44.4 Å². The van der Waals surface area contributed by atoms with Gasteiger partial charge in [0.15, 0.2) is 0 Å². The second-order valence-corrected chi connectivity index (χ2v) is 6.32. The highest BCUT2D eigenvalue weighted by atomic mass is 35.5. The molecule has 1 aliphatic heterocycles. The molecule has 0 aromatic heterocycles. The summed E-state index contributed by atoms with van der Waals surface area (Å²) in [6.07, 6.45) is 3.78. The number of nitrogens with two attached hydrogens (primary N) is 1. The van der Waals surface area contributed by atoms with Crippen molar-refractivity contribution >= 4 is 23.2 Å². The first-order valence-corrected chi connectivity index (χ1v) is 7.72. The third kappa shape index (κ3) is 3.25. The Morgan fingerprint density at radius 2 is 1.84 bits per heavy atom. The van der Waals surface area contributed by atoms with Crippen molar-refractivity contribution in [1.82, 2.24) is 4.90 Å². The van der Waals surface area contributed by atoms with E-state index in [1.54, 1.807) is 0 Å².